The number of hydrogen-bond donors (Lipinski definition) is 0. The van der Waals surface area contributed by atoms with Crippen LogP contribution in [0.25, 0.3) is 0 Å². The average molecular weight is 348 g/mol. The monoisotopic (exact) mass is 348 g/mol. The largest absolute Gasteiger partial charge is 0.336 e. The van der Waals surface area contributed by atoms with Gasteiger partial charge in [-0.3, -0.25) is 14.5 Å². The molecule has 8 heteroatoms. The van der Waals surface area contributed by atoms with Crippen molar-refractivity contribution in [1.29, 1.82) is 0 Å². The van der Waals surface area contributed by atoms with Crippen LogP contribution in [0.5, 0.6) is 0 Å². The standard InChI is InChI=1S/C16H20N4O3S/c1-12-15(9-18-20(12)14-6-8-24(22,23)11-14)16(21)19(2)10-13-5-3-4-7-17-13/h3-5,7,9,14H,6,8,10-11H2,1-2H3/t14-/m1/s1. The highest BCUT2D eigenvalue weighted by Gasteiger charge is 2.31. The lowest BCUT2D eigenvalue weighted by molar-refractivity contribution is 0.0782. The maximum absolute atomic E-state index is 12.7. The van der Waals surface area contributed by atoms with Crippen LogP contribution >= 0.6 is 0 Å². The second-order valence-corrected chi connectivity index (χ2v) is 8.36. The number of hydrogen-bond acceptors (Lipinski definition) is 5. The van der Waals surface area contributed by atoms with Crippen molar-refractivity contribution < 1.29 is 13.2 Å². The van der Waals surface area contributed by atoms with Crippen LogP contribution in [0.1, 0.15) is 34.2 Å². The van der Waals surface area contributed by atoms with Gasteiger partial charge in [-0.2, -0.15) is 5.10 Å². The Morgan fingerprint density at radius 1 is 1.42 bits per heavy atom. The predicted molar refractivity (Wildman–Crippen MR) is 89.3 cm³/mol. The van der Waals surface area contributed by atoms with Gasteiger partial charge in [0.25, 0.3) is 5.91 Å². The number of amides is 1. The normalized spacial score (nSPS) is 19.3. The molecule has 1 saturated heterocycles. The highest BCUT2D eigenvalue weighted by molar-refractivity contribution is 7.91. The molecule has 3 rings (SSSR count). The molecule has 1 fully saturated rings. The molecule has 0 aliphatic carbocycles. The minimum atomic E-state index is -2.99. The zero-order valence-electron chi connectivity index (χ0n) is 13.7. The fraction of sp³-hybridized carbons (Fsp3) is 0.438. The Hall–Kier alpha value is -2.22. The average Bonchev–Trinajstić information content (AvgIpc) is 3.09. The maximum atomic E-state index is 12.7. The molecular formula is C16H20N4O3S. The van der Waals surface area contributed by atoms with Crippen LogP contribution < -0.4 is 0 Å². The van der Waals surface area contributed by atoms with Crippen molar-refractivity contribution in [3.63, 3.8) is 0 Å². The van der Waals surface area contributed by atoms with E-state index in [1.807, 2.05) is 18.2 Å². The van der Waals surface area contributed by atoms with Crippen LogP contribution in [0.15, 0.2) is 30.6 Å². The molecule has 24 heavy (non-hydrogen) atoms. The minimum absolute atomic E-state index is 0.0902. The van der Waals surface area contributed by atoms with Gasteiger partial charge in [-0.05, 0) is 25.5 Å². The number of nitrogens with zero attached hydrogens (tertiary/aromatic N) is 4. The Bertz CT molecular complexity index is 845. The first-order chi connectivity index (χ1) is 11.4. The number of carbonyl (C=O) groups is 1. The zero-order valence-corrected chi connectivity index (χ0v) is 14.5. The lowest BCUT2D eigenvalue weighted by Gasteiger charge is -2.17. The maximum Gasteiger partial charge on any atom is 0.257 e. The molecule has 0 spiro atoms. The molecular weight excluding hydrogens is 328 g/mol. The van der Waals surface area contributed by atoms with E-state index in [-0.39, 0.29) is 23.5 Å². The van der Waals surface area contributed by atoms with Crippen LogP contribution in [0.4, 0.5) is 0 Å². The third-order valence-corrected chi connectivity index (χ3v) is 6.05. The Morgan fingerprint density at radius 3 is 2.83 bits per heavy atom. The summed E-state index contributed by atoms with van der Waals surface area (Å²) in [5.74, 6) is 0.123. The zero-order chi connectivity index (χ0) is 17.3. The lowest BCUT2D eigenvalue weighted by Crippen LogP contribution is -2.27. The first-order valence-corrected chi connectivity index (χ1v) is 9.59. The van der Waals surface area contributed by atoms with Crippen LogP contribution in [0.2, 0.25) is 0 Å². The Morgan fingerprint density at radius 2 is 2.21 bits per heavy atom. The van der Waals surface area contributed by atoms with E-state index in [0.29, 0.717) is 24.2 Å². The second-order valence-electron chi connectivity index (χ2n) is 6.13. The summed E-state index contributed by atoms with van der Waals surface area (Å²) < 4.78 is 25.0. The van der Waals surface area contributed by atoms with Crippen LogP contribution in [0.3, 0.4) is 0 Å². The number of aromatic nitrogens is 3. The van der Waals surface area contributed by atoms with Gasteiger partial charge in [0.15, 0.2) is 9.84 Å². The van der Waals surface area contributed by atoms with Crippen molar-refractivity contribution in [2.24, 2.45) is 0 Å². The topological polar surface area (TPSA) is 85.2 Å². The van der Waals surface area contributed by atoms with E-state index in [0.717, 1.165) is 5.69 Å². The van der Waals surface area contributed by atoms with E-state index in [4.69, 9.17) is 0 Å². The smallest absolute Gasteiger partial charge is 0.257 e. The third kappa shape index (κ3) is 3.33. The van der Waals surface area contributed by atoms with Crippen molar-refractivity contribution in [3.8, 4) is 0 Å². The number of carbonyl (C=O) groups excluding carboxylic acids is 1. The van der Waals surface area contributed by atoms with Gasteiger partial charge in [-0.1, -0.05) is 6.07 Å². The Labute approximate surface area is 141 Å². The van der Waals surface area contributed by atoms with E-state index in [9.17, 15) is 13.2 Å². The molecule has 1 aliphatic rings. The highest BCUT2D eigenvalue weighted by atomic mass is 32.2. The highest BCUT2D eigenvalue weighted by Crippen LogP contribution is 2.25. The molecule has 0 saturated carbocycles. The van der Waals surface area contributed by atoms with E-state index in [2.05, 4.69) is 10.1 Å². The molecule has 1 aliphatic heterocycles. The molecule has 1 atom stereocenters. The molecule has 0 N–H and O–H groups in total. The number of rotatable bonds is 4. The van der Waals surface area contributed by atoms with Gasteiger partial charge in [0.2, 0.25) is 0 Å². The quantitative estimate of drug-likeness (QED) is 0.829. The molecule has 7 nitrogen and oxygen atoms in total. The van der Waals surface area contributed by atoms with E-state index >= 15 is 0 Å². The molecule has 0 unspecified atom stereocenters. The summed E-state index contributed by atoms with van der Waals surface area (Å²) in [6, 6.07) is 5.39. The molecule has 3 heterocycles. The van der Waals surface area contributed by atoms with Crippen molar-refractivity contribution in [3.05, 3.63) is 47.5 Å². The first-order valence-electron chi connectivity index (χ1n) is 7.77. The van der Waals surface area contributed by atoms with E-state index in [1.54, 1.807) is 29.7 Å². The molecule has 1 amide bonds. The Balaban J connectivity index is 1.76. The summed E-state index contributed by atoms with van der Waals surface area (Å²) in [5.41, 5.74) is 2.01. The van der Waals surface area contributed by atoms with E-state index < -0.39 is 9.84 Å². The summed E-state index contributed by atoms with van der Waals surface area (Å²) in [6.07, 6.45) is 3.76. The first kappa shape index (κ1) is 16.6. The van der Waals surface area contributed by atoms with Gasteiger partial charge in [-0.15, -0.1) is 0 Å². The van der Waals surface area contributed by atoms with Gasteiger partial charge < -0.3 is 4.90 Å². The summed E-state index contributed by atoms with van der Waals surface area (Å²) in [7, 11) is -1.28. The Kier molecular flexibility index (Phi) is 4.40. The summed E-state index contributed by atoms with van der Waals surface area (Å²) >= 11 is 0. The van der Waals surface area contributed by atoms with Gasteiger partial charge in [-0.25, -0.2) is 8.42 Å². The predicted octanol–water partition coefficient (Wildman–Crippen LogP) is 1.22. The summed E-state index contributed by atoms with van der Waals surface area (Å²) in [5, 5.41) is 4.26. The number of sulfone groups is 1. The van der Waals surface area contributed by atoms with Gasteiger partial charge in [0, 0.05) is 18.9 Å². The van der Waals surface area contributed by atoms with Crippen molar-refractivity contribution in [2.75, 3.05) is 18.6 Å². The lowest BCUT2D eigenvalue weighted by atomic mass is 10.2. The molecule has 0 aromatic carbocycles. The molecule has 0 bridgehead atoms. The third-order valence-electron chi connectivity index (χ3n) is 4.30. The fourth-order valence-corrected chi connectivity index (χ4v) is 4.67. The van der Waals surface area contributed by atoms with Crippen LogP contribution in [-0.2, 0) is 16.4 Å². The molecule has 2 aromatic rings. The van der Waals surface area contributed by atoms with Crippen LogP contribution in [-0.4, -0.2) is 52.5 Å². The second kappa shape index (κ2) is 6.35. The number of pyridine rings is 1. The SMILES string of the molecule is Cc1c(C(=O)N(C)Cc2ccccn2)cnn1[C@@H]1CCS(=O)(=O)C1. The van der Waals surface area contributed by atoms with Gasteiger partial charge in [0.1, 0.15) is 0 Å². The summed E-state index contributed by atoms with van der Waals surface area (Å²) in [4.78, 5) is 18.5. The van der Waals surface area contributed by atoms with Crippen molar-refractivity contribution in [1.82, 2.24) is 19.7 Å². The molecule has 0 radical (unpaired) electrons. The van der Waals surface area contributed by atoms with E-state index in [1.165, 1.54) is 6.20 Å². The fourth-order valence-electron chi connectivity index (χ4n) is 2.98. The summed E-state index contributed by atoms with van der Waals surface area (Å²) in [6.45, 7) is 2.21. The van der Waals surface area contributed by atoms with Gasteiger partial charge in [0.05, 0.1) is 41.5 Å². The molecule has 128 valence electrons. The van der Waals surface area contributed by atoms with Gasteiger partial charge >= 0.3 is 0 Å². The minimum Gasteiger partial charge on any atom is -0.336 e. The van der Waals surface area contributed by atoms with Crippen molar-refractivity contribution >= 4 is 15.7 Å². The molecule has 2 aromatic heterocycles. The van der Waals surface area contributed by atoms with Crippen molar-refractivity contribution in [2.45, 2.75) is 25.9 Å². The van der Waals surface area contributed by atoms with Crippen LogP contribution in [0, 0.1) is 6.92 Å².